The molecule has 1 aliphatic heterocycles. The molecule has 1 atom stereocenters. The Morgan fingerprint density at radius 1 is 1.48 bits per heavy atom. The van der Waals surface area contributed by atoms with Crippen molar-refractivity contribution in [3.8, 4) is 0 Å². The van der Waals surface area contributed by atoms with Crippen LogP contribution in [0.4, 0.5) is 14.9 Å². The average Bonchev–Trinajstić information content (AvgIpc) is 2.47. The van der Waals surface area contributed by atoms with E-state index in [2.05, 4.69) is 16.0 Å². The molecule has 0 aliphatic carbocycles. The first-order chi connectivity index (χ1) is 10.1. The van der Waals surface area contributed by atoms with Crippen LogP contribution in [0.15, 0.2) is 24.3 Å². The predicted octanol–water partition coefficient (Wildman–Crippen LogP) is 0.767. The molecule has 1 aromatic carbocycles. The maximum absolute atomic E-state index is 13.1. The number of hydrogen-bond donors (Lipinski definition) is 3. The number of nitrogens with zero attached hydrogens (tertiary/aromatic N) is 1. The number of halogens is 1. The zero-order valence-electron chi connectivity index (χ0n) is 11.9. The van der Waals surface area contributed by atoms with Gasteiger partial charge in [0.05, 0.1) is 0 Å². The summed E-state index contributed by atoms with van der Waals surface area (Å²) in [6, 6.07) is 4.69. The minimum atomic E-state index is -0.563. The molecular formula is C14H19FN4O2. The average molecular weight is 294 g/mol. The van der Waals surface area contributed by atoms with Crippen molar-refractivity contribution < 1.29 is 14.0 Å². The van der Waals surface area contributed by atoms with E-state index in [-0.39, 0.29) is 5.91 Å². The molecule has 0 aromatic heterocycles. The Morgan fingerprint density at radius 3 is 3.00 bits per heavy atom. The van der Waals surface area contributed by atoms with Crippen LogP contribution in [0.3, 0.4) is 0 Å². The Balaban J connectivity index is 2.06. The smallest absolute Gasteiger partial charge is 0.322 e. The zero-order valence-corrected chi connectivity index (χ0v) is 11.9. The number of carbonyl (C=O) groups is 2. The van der Waals surface area contributed by atoms with E-state index in [1.165, 1.54) is 23.1 Å². The van der Waals surface area contributed by atoms with Gasteiger partial charge in [0.1, 0.15) is 11.9 Å². The highest BCUT2D eigenvalue weighted by Gasteiger charge is 2.31. The van der Waals surface area contributed by atoms with Gasteiger partial charge in [-0.3, -0.25) is 4.79 Å². The lowest BCUT2D eigenvalue weighted by Crippen LogP contribution is -2.60. The van der Waals surface area contributed by atoms with Crippen LogP contribution in [-0.2, 0) is 4.79 Å². The van der Waals surface area contributed by atoms with Gasteiger partial charge in [-0.05, 0) is 25.1 Å². The Kier molecular flexibility index (Phi) is 5.10. The second-order valence-electron chi connectivity index (χ2n) is 4.75. The molecule has 1 unspecified atom stereocenters. The van der Waals surface area contributed by atoms with Crippen LogP contribution >= 0.6 is 0 Å². The number of nitrogens with one attached hydrogen (secondary N) is 3. The first-order valence-electron chi connectivity index (χ1n) is 6.93. The lowest BCUT2D eigenvalue weighted by atomic mass is 10.2. The third-order valence-electron chi connectivity index (χ3n) is 3.23. The summed E-state index contributed by atoms with van der Waals surface area (Å²) in [4.78, 5) is 25.7. The van der Waals surface area contributed by atoms with Crippen LogP contribution in [0.1, 0.15) is 6.92 Å². The van der Waals surface area contributed by atoms with Crippen LogP contribution in [0, 0.1) is 5.82 Å². The minimum absolute atomic E-state index is 0.195. The molecule has 0 radical (unpaired) electrons. The molecule has 21 heavy (non-hydrogen) atoms. The van der Waals surface area contributed by atoms with Crippen LogP contribution in [0.5, 0.6) is 0 Å². The van der Waals surface area contributed by atoms with E-state index in [0.29, 0.717) is 31.9 Å². The second kappa shape index (κ2) is 7.03. The normalized spacial score (nSPS) is 18.2. The number of carbonyl (C=O) groups excluding carboxylic acids is 2. The van der Waals surface area contributed by atoms with E-state index >= 15 is 0 Å². The second-order valence-corrected chi connectivity index (χ2v) is 4.75. The highest BCUT2D eigenvalue weighted by Crippen LogP contribution is 2.12. The lowest BCUT2D eigenvalue weighted by Gasteiger charge is -2.35. The molecule has 1 saturated heterocycles. The first kappa shape index (κ1) is 15.2. The quantitative estimate of drug-likeness (QED) is 0.771. The number of rotatable bonds is 3. The fourth-order valence-corrected chi connectivity index (χ4v) is 2.24. The summed E-state index contributed by atoms with van der Waals surface area (Å²) in [6.07, 6.45) is 0. The summed E-state index contributed by atoms with van der Waals surface area (Å²) in [6.45, 7) is 3.78. The molecule has 1 aromatic rings. The molecule has 1 fully saturated rings. The van der Waals surface area contributed by atoms with Crippen molar-refractivity contribution in [2.24, 2.45) is 0 Å². The molecule has 0 bridgehead atoms. The molecular weight excluding hydrogens is 275 g/mol. The first-order valence-corrected chi connectivity index (χ1v) is 6.93. The fraction of sp³-hybridized carbons (Fsp3) is 0.429. The third-order valence-corrected chi connectivity index (χ3v) is 3.23. The minimum Gasteiger partial charge on any atom is -0.355 e. The number of urea groups is 1. The number of benzene rings is 1. The Hall–Kier alpha value is -2.15. The molecule has 3 amide bonds. The highest BCUT2D eigenvalue weighted by molar-refractivity contribution is 5.94. The molecule has 3 N–H and O–H groups in total. The fourth-order valence-electron chi connectivity index (χ4n) is 2.24. The zero-order chi connectivity index (χ0) is 15.2. The predicted molar refractivity (Wildman–Crippen MR) is 77.5 cm³/mol. The maximum Gasteiger partial charge on any atom is 0.322 e. The molecule has 114 valence electrons. The summed E-state index contributed by atoms with van der Waals surface area (Å²) >= 11 is 0. The van der Waals surface area contributed by atoms with Gasteiger partial charge in [-0.2, -0.15) is 0 Å². The monoisotopic (exact) mass is 294 g/mol. The molecule has 1 heterocycles. The van der Waals surface area contributed by atoms with Gasteiger partial charge in [0.15, 0.2) is 0 Å². The van der Waals surface area contributed by atoms with Crippen LogP contribution in [0.25, 0.3) is 0 Å². The van der Waals surface area contributed by atoms with Crippen LogP contribution in [-0.4, -0.2) is 49.1 Å². The van der Waals surface area contributed by atoms with E-state index in [4.69, 9.17) is 0 Å². The van der Waals surface area contributed by atoms with Crippen molar-refractivity contribution >= 4 is 17.6 Å². The number of anilines is 1. The van der Waals surface area contributed by atoms with E-state index in [9.17, 15) is 14.0 Å². The van der Waals surface area contributed by atoms with Gasteiger partial charge < -0.3 is 20.9 Å². The van der Waals surface area contributed by atoms with Gasteiger partial charge in [0, 0.05) is 31.9 Å². The topological polar surface area (TPSA) is 73.5 Å². The summed E-state index contributed by atoms with van der Waals surface area (Å²) in [5, 5.41) is 8.42. The van der Waals surface area contributed by atoms with Gasteiger partial charge >= 0.3 is 6.03 Å². The molecule has 7 heteroatoms. The SMILES string of the molecule is CCNC(=O)C1CNCCN1C(=O)Nc1cccc(F)c1. The number of amides is 3. The Labute approximate surface area is 122 Å². The van der Waals surface area contributed by atoms with E-state index < -0.39 is 17.9 Å². The van der Waals surface area contributed by atoms with Gasteiger partial charge in [0.2, 0.25) is 5.91 Å². The van der Waals surface area contributed by atoms with Crippen molar-refractivity contribution in [2.45, 2.75) is 13.0 Å². The summed E-state index contributed by atoms with van der Waals surface area (Å²) < 4.78 is 13.1. The molecule has 1 aliphatic rings. The van der Waals surface area contributed by atoms with Crippen molar-refractivity contribution in [1.29, 1.82) is 0 Å². The van der Waals surface area contributed by atoms with Crippen molar-refractivity contribution in [3.63, 3.8) is 0 Å². The van der Waals surface area contributed by atoms with Crippen molar-refractivity contribution in [1.82, 2.24) is 15.5 Å². The molecule has 0 spiro atoms. The number of piperazine rings is 1. The van der Waals surface area contributed by atoms with Gasteiger partial charge in [0.25, 0.3) is 0 Å². The Bertz CT molecular complexity index is 523. The summed E-state index contributed by atoms with van der Waals surface area (Å²) in [5.41, 5.74) is 0.369. The standard InChI is InChI=1S/C14H19FN4O2/c1-2-17-13(20)12-9-16-6-7-19(12)14(21)18-11-5-3-4-10(15)8-11/h3-5,8,12,16H,2,6-7,9H2,1H3,(H,17,20)(H,18,21). The van der Waals surface area contributed by atoms with Crippen molar-refractivity contribution in [2.75, 3.05) is 31.5 Å². The van der Waals surface area contributed by atoms with E-state index in [1.807, 2.05) is 6.92 Å². The van der Waals surface area contributed by atoms with Crippen molar-refractivity contribution in [3.05, 3.63) is 30.1 Å². The molecule has 2 rings (SSSR count). The third kappa shape index (κ3) is 3.91. The Morgan fingerprint density at radius 2 is 2.29 bits per heavy atom. The highest BCUT2D eigenvalue weighted by atomic mass is 19.1. The maximum atomic E-state index is 13.1. The van der Waals surface area contributed by atoms with Gasteiger partial charge in [-0.25, -0.2) is 9.18 Å². The van der Waals surface area contributed by atoms with Gasteiger partial charge in [-0.1, -0.05) is 6.07 Å². The van der Waals surface area contributed by atoms with Gasteiger partial charge in [-0.15, -0.1) is 0 Å². The molecule has 6 nitrogen and oxygen atoms in total. The number of hydrogen-bond acceptors (Lipinski definition) is 3. The summed E-state index contributed by atoms with van der Waals surface area (Å²) in [7, 11) is 0. The van der Waals surface area contributed by atoms with Crippen LogP contribution in [0.2, 0.25) is 0 Å². The van der Waals surface area contributed by atoms with E-state index in [1.54, 1.807) is 6.07 Å². The molecule has 0 saturated carbocycles. The number of likely N-dealkylation sites (N-methyl/N-ethyl adjacent to an activating group) is 1. The van der Waals surface area contributed by atoms with Crippen LogP contribution < -0.4 is 16.0 Å². The lowest BCUT2D eigenvalue weighted by molar-refractivity contribution is -0.125. The summed E-state index contributed by atoms with van der Waals surface area (Å²) in [5.74, 6) is -0.618. The largest absolute Gasteiger partial charge is 0.355 e. The van der Waals surface area contributed by atoms with E-state index in [0.717, 1.165) is 0 Å².